The molecule has 5 heteroatoms. The third-order valence-electron chi connectivity index (χ3n) is 2.32. The van der Waals surface area contributed by atoms with E-state index in [1.165, 1.54) is 6.92 Å². The Kier molecular flexibility index (Phi) is 5.51. The molecule has 96 valence electrons. The zero-order valence-corrected chi connectivity index (χ0v) is 11.1. The summed E-state index contributed by atoms with van der Waals surface area (Å²) in [5.74, 6) is 0.567. The molecule has 0 amide bonds. The number of carbonyl (C=O) groups excluding carboxylic acids is 1. The van der Waals surface area contributed by atoms with Crippen molar-refractivity contribution in [3.8, 4) is 0 Å². The topological polar surface area (TPSA) is 47.6 Å². The fourth-order valence-corrected chi connectivity index (χ4v) is 1.54. The minimum absolute atomic E-state index is 0.00171. The summed E-state index contributed by atoms with van der Waals surface area (Å²) in [5, 5.41) is 3.38. The van der Waals surface area contributed by atoms with E-state index in [0.29, 0.717) is 36.2 Å². The second kappa shape index (κ2) is 6.67. The van der Waals surface area contributed by atoms with Gasteiger partial charge in [-0.1, -0.05) is 25.4 Å². The van der Waals surface area contributed by atoms with Gasteiger partial charge in [0.1, 0.15) is 17.0 Å². The maximum absolute atomic E-state index is 11.3. The van der Waals surface area contributed by atoms with Gasteiger partial charge in [0.05, 0.1) is 18.8 Å². The second-order valence-corrected chi connectivity index (χ2v) is 3.93. The first-order valence-corrected chi connectivity index (χ1v) is 6.14. The van der Waals surface area contributed by atoms with Gasteiger partial charge in [-0.05, 0) is 6.92 Å². The summed E-state index contributed by atoms with van der Waals surface area (Å²) < 4.78 is 10.6. The number of allylic oxidation sites excluding steroid dienone is 1. The van der Waals surface area contributed by atoms with E-state index in [0.717, 1.165) is 0 Å². The Labute approximate surface area is 107 Å². The standard InChI is InChI=1S/C10H12ClNO3.C2H6/c1-6(13)8-3-12-10(11)2-9(8)15-7-4-14-5-7;1-2/h2,7,12H,3-5H2,1H3;1-2H3. The van der Waals surface area contributed by atoms with Gasteiger partial charge >= 0.3 is 0 Å². The molecule has 4 nitrogen and oxygen atoms in total. The summed E-state index contributed by atoms with van der Waals surface area (Å²) in [7, 11) is 0. The molecule has 0 aliphatic carbocycles. The average molecular weight is 260 g/mol. The van der Waals surface area contributed by atoms with Crippen LogP contribution >= 0.6 is 11.6 Å². The van der Waals surface area contributed by atoms with Crippen LogP contribution in [-0.4, -0.2) is 31.6 Å². The fraction of sp³-hybridized carbons (Fsp3) is 0.583. The lowest BCUT2D eigenvalue weighted by Gasteiger charge is -2.29. The number of halogens is 1. The number of ether oxygens (including phenoxy) is 2. The molecule has 0 unspecified atom stereocenters. The summed E-state index contributed by atoms with van der Waals surface area (Å²) in [4.78, 5) is 11.3. The van der Waals surface area contributed by atoms with Crippen molar-refractivity contribution in [1.29, 1.82) is 0 Å². The van der Waals surface area contributed by atoms with E-state index in [9.17, 15) is 4.79 Å². The van der Waals surface area contributed by atoms with E-state index in [4.69, 9.17) is 21.1 Å². The maximum Gasteiger partial charge on any atom is 0.161 e. The summed E-state index contributed by atoms with van der Waals surface area (Å²) >= 11 is 5.82. The number of hydrogen-bond acceptors (Lipinski definition) is 4. The quantitative estimate of drug-likeness (QED) is 0.787. The molecule has 0 aromatic heterocycles. The number of ketones is 1. The van der Waals surface area contributed by atoms with Gasteiger partial charge in [-0.15, -0.1) is 0 Å². The number of dihydropyridines is 1. The molecule has 0 radical (unpaired) electrons. The van der Waals surface area contributed by atoms with Gasteiger partial charge in [-0.25, -0.2) is 0 Å². The van der Waals surface area contributed by atoms with Gasteiger partial charge in [-0.3, -0.25) is 4.79 Å². The lowest BCUT2D eigenvalue weighted by Crippen LogP contribution is -2.37. The highest BCUT2D eigenvalue weighted by Gasteiger charge is 2.24. The first-order valence-electron chi connectivity index (χ1n) is 5.76. The van der Waals surface area contributed by atoms with Crippen molar-refractivity contribution in [2.75, 3.05) is 19.8 Å². The summed E-state index contributed by atoms with van der Waals surface area (Å²) in [6.07, 6.45) is 1.69. The van der Waals surface area contributed by atoms with E-state index in [2.05, 4.69) is 5.32 Å². The minimum Gasteiger partial charge on any atom is -0.485 e. The zero-order valence-electron chi connectivity index (χ0n) is 10.4. The molecule has 2 rings (SSSR count). The lowest BCUT2D eigenvalue weighted by atomic mass is 10.1. The highest BCUT2D eigenvalue weighted by atomic mass is 35.5. The molecule has 0 spiro atoms. The van der Waals surface area contributed by atoms with Gasteiger partial charge in [0.2, 0.25) is 0 Å². The summed E-state index contributed by atoms with van der Waals surface area (Å²) in [5.41, 5.74) is 0.631. The van der Waals surface area contributed by atoms with Gasteiger partial charge in [0.15, 0.2) is 5.78 Å². The Hall–Kier alpha value is -1.00. The number of hydrogen-bond donors (Lipinski definition) is 1. The molecule has 0 aromatic carbocycles. The first kappa shape index (κ1) is 14.1. The molecular weight excluding hydrogens is 242 g/mol. The van der Waals surface area contributed by atoms with Crippen LogP contribution in [0.4, 0.5) is 0 Å². The molecular formula is C12H18ClNO3. The largest absolute Gasteiger partial charge is 0.485 e. The average Bonchev–Trinajstić information content (AvgIpc) is 2.26. The number of rotatable bonds is 3. The van der Waals surface area contributed by atoms with Crippen molar-refractivity contribution in [3.63, 3.8) is 0 Å². The smallest absolute Gasteiger partial charge is 0.161 e. The van der Waals surface area contributed by atoms with Crippen LogP contribution in [0.1, 0.15) is 20.8 Å². The molecule has 2 heterocycles. The highest BCUT2D eigenvalue weighted by molar-refractivity contribution is 6.29. The van der Waals surface area contributed by atoms with E-state index < -0.39 is 0 Å². The molecule has 2 aliphatic heterocycles. The second-order valence-electron chi connectivity index (χ2n) is 3.52. The van der Waals surface area contributed by atoms with E-state index in [1.807, 2.05) is 13.8 Å². The van der Waals surface area contributed by atoms with Gasteiger partial charge in [0, 0.05) is 12.6 Å². The normalized spacial score (nSPS) is 19.4. The van der Waals surface area contributed by atoms with Crippen LogP contribution in [0.15, 0.2) is 22.6 Å². The van der Waals surface area contributed by atoms with E-state index >= 15 is 0 Å². The summed E-state index contributed by atoms with van der Waals surface area (Å²) in [6, 6.07) is 0. The van der Waals surface area contributed by atoms with Crippen LogP contribution in [0.5, 0.6) is 0 Å². The Bertz CT molecular complexity index is 346. The van der Waals surface area contributed by atoms with Gasteiger partial charge < -0.3 is 14.8 Å². The van der Waals surface area contributed by atoms with Gasteiger partial charge in [0.25, 0.3) is 0 Å². The lowest BCUT2D eigenvalue weighted by molar-refractivity contribution is -0.116. The Balaban J connectivity index is 0.000000686. The maximum atomic E-state index is 11.3. The molecule has 1 N–H and O–H groups in total. The van der Waals surface area contributed by atoms with Crippen LogP contribution in [0, 0.1) is 0 Å². The van der Waals surface area contributed by atoms with Crippen LogP contribution < -0.4 is 5.32 Å². The van der Waals surface area contributed by atoms with Crippen molar-refractivity contribution in [3.05, 3.63) is 22.6 Å². The van der Waals surface area contributed by atoms with Crippen molar-refractivity contribution in [2.24, 2.45) is 0 Å². The number of Topliss-reactive ketones (excluding diaryl/α,β-unsaturated/α-hetero) is 1. The summed E-state index contributed by atoms with van der Waals surface area (Å²) in [6.45, 7) is 7.10. The highest BCUT2D eigenvalue weighted by Crippen LogP contribution is 2.21. The van der Waals surface area contributed by atoms with E-state index in [1.54, 1.807) is 6.08 Å². The Morgan fingerprint density at radius 1 is 1.53 bits per heavy atom. The Morgan fingerprint density at radius 2 is 2.18 bits per heavy atom. The molecule has 0 bridgehead atoms. The van der Waals surface area contributed by atoms with Gasteiger partial charge in [-0.2, -0.15) is 0 Å². The van der Waals surface area contributed by atoms with Crippen LogP contribution in [0.2, 0.25) is 0 Å². The molecule has 0 saturated carbocycles. The van der Waals surface area contributed by atoms with E-state index in [-0.39, 0.29) is 11.9 Å². The first-order chi connectivity index (χ1) is 8.16. The molecule has 17 heavy (non-hydrogen) atoms. The number of carbonyl (C=O) groups is 1. The molecule has 0 atom stereocenters. The fourth-order valence-electron chi connectivity index (χ4n) is 1.38. The van der Waals surface area contributed by atoms with Crippen LogP contribution in [0.25, 0.3) is 0 Å². The monoisotopic (exact) mass is 259 g/mol. The van der Waals surface area contributed by atoms with Crippen molar-refractivity contribution >= 4 is 17.4 Å². The van der Waals surface area contributed by atoms with Crippen molar-refractivity contribution in [2.45, 2.75) is 26.9 Å². The third-order valence-corrected chi connectivity index (χ3v) is 2.56. The molecule has 1 saturated heterocycles. The molecule has 2 aliphatic rings. The zero-order chi connectivity index (χ0) is 12.8. The predicted molar refractivity (Wildman–Crippen MR) is 66.7 cm³/mol. The minimum atomic E-state index is -0.00171. The molecule has 1 fully saturated rings. The van der Waals surface area contributed by atoms with Crippen molar-refractivity contribution in [1.82, 2.24) is 5.32 Å². The molecule has 0 aromatic rings. The van der Waals surface area contributed by atoms with Crippen molar-refractivity contribution < 1.29 is 14.3 Å². The predicted octanol–water partition coefficient (Wildman–Crippen LogP) is 1.95. The SMILES string of the molecule is CC.CC(=O)C1=C(OC2COC2)C=C(Cl)NC1. The van der Waals surface area contributed by atoms with Crippen LogP contribution in [-0.2, 0) is 14.3 Å². The van der Waals surface area contributed by atoms with Crippen LogP contribution in [0.3, 0.4) is 0 Å². The third kappa shape index (κ3) is 3.75. The Morgan fingerprint density at radius 3 is 2.65 bits per heavy atom. The number of nitrogens with one attached hydrogen (secondary N) is 1.